The Hall–Kier alpha value is -1.75. The lowest BCUT2D eigenvalue weighted by Crippen LogP contribution is -2.29. The second-order valence-electron chi connectivity index (χ2n) is 5.11. The number of anilines is 2. The van der Waals surface area contributed by atoms with Crippen molar-refractivity contribution in [2.45, 2.75) is 13.0 Å². The van der Waals surface area contributed by atoms with Gasteiger partial charge >= 0.3 is 0 Å². The fourth-order valence-corrected chi connectivity index (χ4v) is 2.73. The molecule has 0 spiro atoms. The molecule has 1 amide bonds. The normalized spacial score (nSPS) is 12.0. The molecule has 7 nitrogen and oxygen atoms in total. The predicted molar refractivity (Wildman–Crippen MR) is 97.8 cm³/mol. The van der Waals surface area contributed by atoms with Crippen LogP contribution in [0.2, 0.25) is 0 Å². The number of aromatic nitrogens is 1. The lowest BCUT2D eigenvalue weighted by molar-refractivity contribution is 0.00594. The van der Waals surface area contributed by atoms with Crippen LogP contribution in [0, 0.1) is 10.5 Å². The van der Waals surface area contributed by atoms with Gasteiger partial charge in [0, 0.05) is 9.77 Å². The van der Waals surface area contributed by atoms with Crippen LogP contribution in [0.1, 0.15) is 15.9 Å². The molecule has 1 aromatic carbocycles. The number of carbonyl (C=O) groups excluding carboxylic acids is 1. The van der Waals surface area contributed by atoms with Crippen molar-refractivity contribution in [2.75, 3.05) is 18.3 Å². The maximum Gasteiger partial charge on any atom is 0.251 e. The summed E-state index contributed by atoms with van der Waals surface area (Å²) < 4.78 is 1.05. The van der Waals surface area contributed by atoms with E-state index >= 15 is 0 Å². The fourth-order valence-electron chi connectivity index (χ4n) is 2.09. The van der Waals surface area contributed by atoms with Crippen molar-refractivity contribution in [1.82, 2.24) is 4.98 Å². The number of hydrogen-bond acceptors (Lipinski definition) is 6. The summed E-state index contributed by atoms with van der Waals surface area (Å²) in [6, 6.07) is 7.18. The van der Waals surface area contributed by atoms with Gasteiger partial charge in [0.1, 0.15) is 18.4 Å². The number of amides is 1. The lowest BCUT2D eigenvalue weighted by Gasteiger charge is -2.27. The van der Waals surface area contributed by atoms with Gasteiger partial charge in [0.25, 0.3) is 5.91 Å². The number of aryl methyl sites for hydroxylation is 1. The molecule has 2 rings (SSSR count). The van der Waals surface area contributed by atoms with Crippen LogP contribution in [0.25, 0.3) is 0 Å². The molecule has 0 aliphatic rings. The van der Waals surface area contributed by atoms with E-state index < -0.39 is 18.6 Å². The fraction of sp³-hybridized carbons (Fsp3) is 0.250. The second kappa shape index (κ2) is 8.38. The Morgan fingerprint density at radius 3 is 2.79 bits per heavy atom. The number of carbonyl (C=O) groups is 1. The average Bonchev–Trinajstić information content (AvgIpc) is 2.56. The summed E-state index contributed by atoms with van der Waals surface area (Å²) in [7, 11) is 0. The largest absolute Gasteiger partial charge is 0.394 e. The molecule has 24 heavy (non-hydrogen) atoms. The van der Waals surface area contributed by atoms with Crippen LogP contribution in [0.3, 0.4) is 0 Å². The molecule has 0 aliphatic heterocycles. The molecule has 1 atom stereocenters. The highest BCUT2D eigenvalue weighted by Crippen LogP contribution is 2.31. The Morgan fingerprint density at radius 1 is 1.42 bits per heavy atom. The summed E-state index contributed by atoms with van der Waals surface area (Å²) in [5, 5.41) is 20.0. The molecule has 0 radical (unpaired) electrons. The Kier molecular flexibility index (Phi) is 6.49. The van der Waals surface area contributed by atoms with Gasteiger partial charge in [-0.15, -0.1) is 0 Å². The van der Waals surface area contributed by atoms with E-state index in [1.807, 2.05) is 25.1 Å². The van der Waals surface area contributed by atoms with E-state index in [1.54, 1.807) is 0 Å². The van der Waals surface area contributed by atoms with Crippen LogP contribution in [0.5, 0.6) is 0 Å². The third-order valence-corrected chi connectivity index (χ3v) is 3.94. The second-order valence-corrected chi connectivity index (χ2v) is 6.36. The van der Waals surface area contributed by atoms with Gasteiger partial charge in [-0.05, 0) is 59.3 Å². The number of halogens is 1. The number of nitrogens with two attached hydrogens (primary N) is 1. The van der Waals surface area contributed by atoms with Crippen molar-refractivity contribution in [3.05, 3.63) is 51.4 Å². The maximum atomic E-state index is 11.7. The molecule has 0 bridgehead atoms. The molecule has 128 valence electrons. The van der Waals surface area contributed by atoms with Gasteiger partial charge in [-0.3, -0.25) is 14.6 Å². The monoisotopic (exact) mass is 443 g/mol. The van der Waals surface area contributed by atoms with Gasteiger partial charge in [-0.25, -0.2) is 5.06 Å². The minimum atomic E-state index is -1.05. The van der Waals surface area contributed by atoms with E-state index in [-0.39, 0.29) is 12.2 Å². The lowest BCUT2D eigenvalue weighted by atomic mass is 10.1. The average molecular weight is 443 g/mol. The van der Waals surface area contributed by atoms with Gasteiger partial charge in [0.05, 0.1) is 24.1 Å². The van der Waals surface area contributed by atoms with Gasteiger partial charge < -0.3 is 15.9 Å². The minimum absolute atomic E-state index is 0.158. The maximum absolute atomic E-state index is 11.7. The molecule has 0 aliphatic carbocycles. The summed E-state index contributed by atoms with van der Waals surface area (Å²) in [5.41, 5.74) is 7.61. The Labute approximate surface area is 153 Å². The van der Waals surface area contributed by atoms with Gasteiger partial charge in [0.15, 0.2) is 0 Å². The number of nitrogens with zero attached hydrogens (tertiary/aromatic N) is 2. The van der Waals surface area contributed by atoms with E-state index in [0.717, 1.165) is 9.13 Å². The van der Waals surface area contributed by atoms with Crippen molar-refractivity contribution in [3.8, 4) is 0 Å². The van der Waals surface area contributed by atoms with Crippen LogP contribution >= 0.6 is 22.6 Å². The quantitative estimate of drug-likeness (QED) is 0.443. The number of aliphatic hydroxyl groups is 2. The first kappa shape index (κ1) is 18.6. The predicted octanol–water partition coefficient (Wildman–Crippen LogP) is 1.52. The zero-order valence-corrected chi connectivity index (χ0v) is 15.2. The molecular weight excluding hydrogens is 425 g/mol. The standard InChI is InChI=1S/C16H18IN3O4/c1-10-6-11(17)2-3-14(10)20(24-9-12(22)8-21)15-7-19-5-4-13(15)16(18)23/h2-7,12,21-22H,8-9H2,1H3,(H2,18,23)/t12-/m0/s1. The summed E-state index contributed by atoms with van der Waals surface area (Å²) in [6.07, 6.45) is 1.87. The topological polar surface area (TPSA) is 109 Å². The summed E-state index contributed by atoms with van der Waals surface area (Å²) in [5.74, 6) is -0.619. The van der Waals surface area contributed by atoms with E-state index in [2.05, 4.69) is 27.6 Å². The SMILES string of the molecule is Cc1cc(I)ccc1N(OC[C@@H](O)CO)c1cnccc1C(N)=O. The zero-order chi connectivity index (χ0) is 17.7. The van der Waals surface area contributed by atoms with Crippen LogP contribution in [-0.4, -0.2) is 40.4 Å². The number of rotatable bonds is 7. The molecule has 2 aromatic rings. The summed E-state index contributed by atoms with van der Waals surface area (Å²) in [4.78, 5) is 21.4. The van der Waals surface area contributed by atoms with E-state index in [4.69, 9.17) is 15.7 Å². The molecule has 0 saturated heterocycles. The van der Waals surface area contributed by atoms with Crippen molar-refractivity contribution in [2.24, 2.45) is 5.73 Å². The highest BCUT2D eigenvalue weighted by molar-refractivity contribution is 14.1. The van der Waals surface area contributed by atoms with E-state index in [9.17, 15) is 9.90 Å². The Balaban J connectivity index is 2.49. The third kappa shape index (κ3) is 4.41. The van der Waals surface area contributed by atoms with Gasteiger partial charge in [-0.2, -0.15) is 0 Å². The molecule has 1 heterocycles. The molecule has 4 N–H and O–H groups in total. The smallest absolute Gasteiger partial charge is 0.251 e. The molecule has 0 saturated carbocycles. The first-order chi connectivity index (χ1) is 11.4. The van der Waals surface area contributed by atoms with Crippen molar-refractivity contribution in [3.63, 3.8) is 0 Å². The first-order valence-corrected chi connectivity index (χ1v) is 8.24. The van der Waals surface area contributed by atoms with Crippen LogP contribution < -0.4 is 10.8 Å². The molecule has 8 heteroatoms. The van der Waals surface area contributed by atoms with Crippen LogP contribution in [-0.2, 0) is 4.84 Å². The number of aliphatic hydroxyl groups excluding tert-OH is 2. The first-order valence-electron chi connectivity index (χ1n) is 7.16. The van der Waals surface area contributed by atoms with Crippen molar-refractivity contribution < 1.29 is 19.8 Å². The molecule has 1 aromatic heterocycles. The zero-order valence-electron chi connectivity index (χ0n) is 13.0. The minimum Gasteiger partial charge on any atom is -0.394 e. The van der Waals surface area contributed by atoms with Crippen LogP contribution in [0.15, 0.2) is 36.7 Å². The Morgan fingerprint density at radius 2 is 2.17 bits per heavy atom. The van der Waals surface area contributed by atoms with Crippen molar-refractivity contribution >= 4 is 39.9 Å². The van der Waals surface area contributed by atoms with Crippen LogP contribution in [0.4, 0.5) is 11.4 Å². The molecular formula is C16H18IN3O4. The molecule has 0 unspecified atom stereocenters. The number of benzene rings is 1. The van der Waals surface area contributed by atoms with E-state index in [0.29, 0.717) is 11.4 Å². The van der Waals surface area contributed by atoms with Crippen molar-refractivity contribution in [1.29, 1.82) is 0 Å². The summed E-state index contributed by atoms with van der Waals surface area (Å²) in [6.45, 7) is 1.31. The molecule has 0 fully saturated rings. The van der Waals surface area contributed by atoms with Gasteiger partial charge in [0.2, 0.25) is 0 Å². The van der Waals surface area contributed by atoms with Gasteiger partial charge in [-0.1, -0.05) is 0 Å². The highest BCUT2D eigenvalue weighted by Gasteiger charge is 2.20. The highest BCUT2D eigenvalue weighted by atomic mass is 127. The summed E-state index contributed by atoms with van der Waals surface area (Å²) >= 11 is 2.20. The number of hydrogen-bond donors (Lipinski definition) is 3. The Bertz CT molecular complexity index is 726. The van der Waals surface area contributed by atoms with E-state index in [1.165, 1.54) is 23.5 Å². The third-order valence-electron chi connectivity index (χ3n) is 3.27. The number of pyridine rings is 1. The number of primary amides is 1.